The highest BCUT2D eigenvalue weighted by molar-refractivity contribution is 7.12. The quantitative estimate of drug-likeness (QED) is 0.728. The molecule has 0 bridgehead atoms. The van der Waals surface area contributed by atoms with Crippen molar-refractivity contribution in [2.24, 2.45) is 5.92 Å². The number of nitrogens with two attached hydrogens (primary N) is 1. The summed E-state index contributed by atoms with van der Waals surface area (Å²) in [7, 11) is 0. The molecule has 4 rings (SSSR count). The van der Waals surface area contributed by atoms with Crippen molar-refractivity contribution in [1.29, 1.82) is 0 Å². The van der Waals surface area contributed by atoms with Crippen molar-refractivity contribution >= 4 is 17.2 Å². The normalized spacial score (nSPS) is 16.4. The van der Waals surface area contributed by atoms with Crippen LogP contribution in [-0.4, -0.2) is 10.1 Å². The fraction of sp³-hybridized carbons (Fsp3) is 0.200. The van der Waals surface area contributed by atoms with Crippen LogP contribution in [-0.2, 0) is 12.8 Å². The molecule has 0 saturated carbocycles. The van der Waals surface area contributed by atoms with Crippen molar-refractivity contribution in [2.45, 2.75) is 19.3 Å². The Morgan fingerprint density at radius 2 is 2.12 bits per heavy atom. The van der Waals surface area contributed by atoms with Gasteiger partial charge in [-0.15, -0.1) is 11.3 Å². The maximum Gasteiger partial charge on any atom is 0.170 e. The molecule has 0 saturated heterocycles. The molecule has 3 heterocycles. The topological polar surface area (TPSA) is 64.9 Å². The first kappa shape index (κ1) is 15.8. The molecule has 0 fully saturated rings. The minimum absolute atomic E-state index is 0.457. The van der Waals surface area contributed by atoms with Gasteiger partial charge >= 0.3 is 0 Å². The zero-order chi connectivity index (χ0) is 17.1. The van der Waals surface area contributed by atoms with Gasteiger partial charge in [0.05, 0.1) is 11.3 Å². The lowest BCUT2D eigenvalue weighted by molar-refractivity contribution is 0.425. The van der Waals surface area contributed by atoms with Crippen LogP contribution in [0.4, 0.5) is 5.82 Å². The first-order valence-corrected chi connectivity index (χ1v) is 9.17. The molecule has 0 radical (unpaired) electrons. The van der Waals surface area contributed by atoms with Crippen LogP contribution in [0.5, 0.6) is 0 Å². The molecule has 0 spiro atoms. The van der Waals surface area contributed by atoms with Gasteiger partial charge in [-0.25, -0.2) is 4.98 Å². The fourth-order valence-electron chi connectivity index (χ4n) is 3.00. The van der Waals surface area contributed by atoms with E-state index in [9.17, 15) is 0 Å². The third kappa shape index (κ3) is 3.72. The zero-order valence-corrected chi connectivity index (χ0v) is 14.6. The van der Waals surface area contributed by atoms with E-state index in [-0.39, 0.29) is 0 Å². The zero-order valence-electron chi connectivity index (χ0n) is 13.8. The Kier molecular flexibility index (Phi) is 4.48. The van der Waals surface area contributed by atoms with Gasteiger partial charge in [-0.3, -0.25) is 0 Å². The predicted molar refractivity (Wildman–Crippen MR) is 101 cm³/mol. The number of pyridine rings is 1. The van der Waals surface area contributed by atoms with Crippen LogP contribution in [0, 0.1) is 5.92 Å². The van der Waals surface area contributed by atoms with Gasteiger partial charge in [-0.1, -0.05) is 29.5 Å². The van der Waals surface area contributed by atoms with Crippen LogP contribution in [0.3, 0.4) is 0 Å². The Labute approximate surface area is 150 Å². The lowest BCUT2D eigenvalue weighted by Gasteiger charge is -2.10. The van der Waals surface area contributed by atoms with Crippen LogP contribution in [0.1, 0.15) is 21.9 Å². The molecule has 4 nitrogen and oxygen atoms in total. The van der Waals surface area contributed by atoms with E-state index in [0.717, 1.165) is 30.5 Å². The number of thiophene rings is 1. The number of aromatic nitrogens is 2. The Morgan fingerprint density at radius 3 is 2.96 bits per heavy atom. The lowest BCUT2D eigenvalue weighted by atomic mass is 9.97. The molecule has 3 aromatic rings. The van der Waals surface area contributed by atoms with E-state index < -0.39 is 0 Å². The molecular weight excluding hydrogens is 330 g/mol. The minimum Gasteiger partial charge on any atom is -0.383 e. The molecule has 1 unspecified atom stereocenters. The Balaban J connectivity index is 1.44. The summed E-state index contributed by atoms with van der Waals surface area (Å²) in [5, 5.41) is 4.18. The van der Waals surface area contributed by atoms with Gasteiger partial charge in [-0.05, 0) is 43.0 Å². The van der Waals surface area contributed by atoms with Gasteiger partial charge in [-0.2, -0.15) is 0 Å². The molecule has 1 aliphatic carbocycles. The monoisotopic (exact) mass is 349 g/mol. The highest BCUT2D eigenvalue weighted by Gasteiger charge is 2.13. The maximum absolute atomic E-state index is 5.90. The first-order chi connectivity index (χ1) is 12.3. The summed E-state index contributed by atoms with van der Waals surface area (Å²) in [4.78, 5) is 6.80. The second-order valence-corrected chi connectivity index (χ2v) is 7.43. The third-order valence-electron chi connectivity index (χ3n) is 4.27. The molecule has 0 aromatic carbocycles. The van der Waals surface area contributed by atoms with E-state index in [0.29, 0.717) is 17.5 Å². The number of nitrogen functional groups attached to an aromatic ring is 1. The van der Waals surface area contributed by atoms with Gasteiger partial charge in [0.25, 0.3) is 0 Å². The smallest absolute Gasteiger partial charge is 0.170 e. The molecule has 0 amide bonds. The van der Waals surface area contributed by atoms with E-state index in [4.69, 9.17) is 10.3 Å². The summed E-state index contributed by atoms with van der Waals surface area (Å²) in [6.07, 6.45) is 13.5. The molecular formula is C20H19N3OS. The first-order valence-electron chi connectivity index (χ1n) is 8.35. The van der Waals surface area contributed by atoms with E-state index in [2.05, 4.69) is 46.6 Å². The van der Waals surface area contributed by atoms with Crippen molar-refractivity contribution in [3.63, 3.8) is 0 Å². The van der Waals surface area contributed by atoms with E-state index in [1.807, 2.05) is 29.5 Å². The standard InChI is InChI=1S/C20H19N3OS/c21-20-18(7-4-10-22-20)19-13-15(23-24-19)12-17-9-8-16(25-17)11-14-5-2-1-3-6-14/h1-5,7-10,13-14H,6,11-12H2,(H2,21,22). The summed E-state index contributed by atoms with van der Waals surface area (Å²) >= 11 is 1.85. The van der Waals surface area contributed by atoms with E-state index in [1.165, 1.54) is 9.75 Å². The van der Waals surface area contributed by atoms with Crippen LogP contribution in [0.15, 0.2) is 65.4 Å². The summed E-state index contributed by atoms with van der Waals surface area (Å²) in [6, 6.07) is 10.1. The van der Waals surface area contributed by atoms with Crippen LogP contribution >= 0.6 is 11.3 Å². The van der Waals surface area contributed by atoms with Crippen molar-refractivity contribution in [2.75, 3.05) is 5.73 Å². The number of hydrogen-bond donors (Lipinski definition) is 1. The summed E-state index contributed by atoms with van der Waals surface area (Å²) in [6.45, 7) is 0. The summed E-state index contributed by atoms with van der Waals surface area (Å²) in [5.41, 5.74) is 7.59. The average Bonchev–Trinajstić information content (AvgIpc) is 3.26. The van der Waals surface area contributed by atoms with E-state index >= 15 is 0 Å². The molecule has 2 N–H and O–H groups in total. The van der Waals surface area contributed by atoms with Crippen molar-refractivity contribution in [1.82, 2.24) is 10.1 Å². The molecule has 1 atom stereocenters. The van der Waals surface area contributed by atoms with Gasteiger partial charge in [0.15, 0.2) is 5.76 Å². The second kappa shape index (κ2) is 7.07. The highest BCUT2D eigenvalue weighted by atomic mass is 32.1. The molecule has 1 aliphatic rings. The molecule has 25 heavy (non-hydrogen) atoms. The lowest BCUT2D eigenvalue weighted by Crippen LogP contribution is -2.00. The second-order valence-electron chi connectivity index (χ2n) is 6.18. The van der Waals surface area contributed by atoms with Crippen molar-refractivity contribution < 1.29 is 4.52 Å². The van der Waals surface area contributed by atoms with Gasteiger partial charge in [0.1, 0.15) is 5.82 Å². The molecule has 126 valence electrons. The Morgan fingerprint density at radius 1 is 1.20 bits per heavy atom. The van der Waals surface area contributed by atoms with Crippen LogP contribution in [0.25, 0.3) is 11.3 Å². The maximum atomic E-state index is 5.90. The van der Waals surface area contributed by atoms with Crippen molar-refractivity contribution in [3.8, 4) is 11.3 Å². The Hall–Kier alpha value is -2.66. The summed E-state index contributed by atoms with van der Waals surface area (Å²) in [5.74, 6) is 1.73. The third-order valence-corrected chi connectivity index (χ3v) is 5.38. The number of anilines is 1. The number of rotatable bonds is 5. The van der Waals surface area contributed by atoms with Gasteiger partial charge in [0.2, 0.25) is 0 Å². The van der Waals surface area contributed by atoms with Crippen LogP contribution in [0.2, 0.25) is 0 Å². The molecule has 3 aromatic heterocycles. The van der Waals surface area contributed by atoms with Crippen molar-refractivity contribution in [3.05, 3.63) is 76.3 Å². The van der Waals surface area contributed by atoms with E-state index in [1.54, 1.807) is 6.20 Å². The largest absolute Gasteiger partial charge is 0.383 e. The SMILES string of the molecule is Nc1ncccc1-c1cc(Cc2ccc(CC3C=CC=CC3)s2)no1. The van der Waals surface area contributed by atoms with Gasteiger partial charge in [0, 0.05) is 28.4 Å². The number of allylic oxidation sites excluding steroid dienone is 4. The highest BCUT2D eigenvalue weighted by Crippen LogP contribution is 2.28. The molecule has 0 aliphatic heterocycles. The average molecular weight is 349 g/mol. The Bertz CT molecular complexity index is 922. The number of nitrogens with zero attached hydrogens (tertiary/aromatic N) is 2. The number of hydrogen-bond acceptors (Lipinski definition) is 5. The van der Waals surface area contributed by atoms with Gasteiger partial charge < -0.3 is 10.3 Å². The predicted octanol–water partition coefficient (Wildman–Crippen LogP) is 4.65. The fourth-order valence-corrected chi connectivity index (χ4v) is 4.12. The van der Waals surface area contributed by atoms with Crippen LogP contribution < -0.4 is 5.73 Å². The molecule has 5 heteroatoms. The minimum atomic E-state index is 0.457. The summed E-state index contributed by atoms with van der Waals surface area (Å²) < 4.78 is 5.45.